The van der Waals surface area contributed by atoms with Crippen LogP contribution in [0.25, 0.3) is 0 Å². The molecule has 112 valence electrons. The van der Waals surface area contributed by atoms with Crippen molar-refractivity contribution < 1.29 is 9.59 Å². The molecule has 0 heterocycles. The Hall–Kier alpha value is -1.10. The van der Waals surface area contributed by atoms with Gasteiger partial charge >= 0.3 is 0 Å². The minimum atomic E-state index is -0.0344. The Bertz CT molecular complexity index is 278. The molecule has 5 heteroatoms. The average Bonchev–Trinajstić information content (AvgIpc) is 2.26. The van der Waals surface area contributed by atoms with Gasteiger partial charge in [-0.3, -0.25) is 9.59 Å². The summed E-state index contributed by atoms with van der Waals surface area (Å²) in [6, 6.07) is 0.135. The van der Waals surface area contributed by atoms with E-state index < -0.39 is 0 Å². The first-order valence-corrected chi connectivity index (χ1v) is 7.11. The summed E-state index contributed by atoms with van der Waals surface area (Å²) in [5.74, 6) is 0.712. The van der Waals surface area contributed by atoms with Crippen molar-refractivity contribution in [1.82, 2.24) is 10.6 Å². The Balaban J connectivity index is 3.82. The fourth-order valence-electron chi connectivity index (χ4n) is 1.97. The van der Waals surface area contributed by atoms with Gasteiger partial charge in [-0.15, -0.1) is 0 Å². The highest BCUT2D eigenvalue weighted by Gasteiger charge is 2.14. The second-order valence-corrected chi connectivity index (χ2v) is 5.76. The van der Waals surface area contributed by atoms with Crippen LogP contribution in [-0.2, 0) is 9.59 Å². The molecule has 0 fully saturated rings. The Kier molecular flexibility index (Phi) is 9.21. The van der Waals surface area contributed by atoms with Crippen molar-refractivity contribution in [3.8, 4) is 0 Å². The lowest BCUT2D eigenvalue weighted by Gasteiger charge is -2.16. The van der Waals surface area contributed by atoms with Crippen LogP contribution in [-0.4, -0.2) is 30.9 Å². The van der Waals surface area contributed by atoms with Crippen molar-refractivity contribution in [3.63, 3.8) is 0 Å². The smallest absolute Gasteiger partial charge is 0.221 e. The largest absolute Gasteiger partial charge is 0.356 e. The van der Waals surface area contributed by atoms with Crippen molar-refractivity contribution in [2.45, 2.75) is 53.0 Å². The first-order valence-electron chi connectivity index (χ1n) is 7.11. The Morgan fingerprint density at radius 1 is 1.11 bits per heavy atom. The Labute approximate surface area is 116 Å². The third-order valence-corrected chi connectivity index (χ3v) is 2.74. The summed E-state index contributed by atoms with van der Waals surface area (Å²) in [5.41, 5.74) is 5.66. The summed E-state index contributed by atoms with van der Waals surface area (Å²) in [5, 5.41) is 5.55. The average molecular weight is 271 g/mol. The molecular weight excluding hydrogens is 242 g/mol. The molecule has 4 N–H and O–H groups in total. The van der Waals surface area contributed by atoms with Gasteiger partial charge in [-0.1, -0.05) is 13.8 Å². The van der Waals surface area contributed by atoms with Gasteiger partial charge in [-0.05, 0) is 38.6 Å². The summed E-state index contributed by atoms with van der Waals surface area (Å²) < 4.78 is 0. The third-order valence-electron chi connectivity index (χ3n) is 2.74. The van der Waals surface area contributed by atoms with Gasteiger partial charge in [0.15, 0.2) is 0 Å². The van der Waals surface area contributed by atoms with E-state index in [4.69, 9.17) is 5.73 Å². The van der Waals surface area contributed by atoms with Crippen LogP contribution in [0.3, 0.4) is 0 Å². The van der Waals surface area contributed by atoms with Gasteiger partial charge in [0.2, 0.25) is 11.8 Å². The standard InChI is InChI=1S/C14H29N3O2/c1-10(2)7-12(9-15)8-14(19)16-6-5-13(18)17-11(3)4/h10-12H,5-9,15H2,1-4H3,(H,16,19)(H,17,18)/t12-/m0/s1. The van der Waals surface area contributed by atoms with Gasteiger partial charge in [0.1, 0.15) is 0 Å². The van der Waals surface area contributed by atoms with E-state index in [0.717, 1.165) is 6.42 Å². The maximum atomic E-state index is 11.7. The molecule has 0 aliphatic rings. The fourth-order valence-corrected chi connectivity index (χ4v) is 1.97. The van der Waals surface area contributed by atoms with E-state index in [2.05, 4.69) is 24.5 Å². The lowest BCUT2D eigenvalue weighted by molar-refractivity contribution is -0.123. The summed E-state index contributed by atoms with van der Waals surface area (Å²) in [7, 11) is 0. The van der Waals surface area contributed by atoms with Crippen LogP contribution in [0, 0.1) is 11.8 Å². The SMILES string of the molecule is CC(C)C[C@H](CN)CC(=O)NCCC(=O)NC(C)C. The van der Waals surface area contributed by atoms with Gasteiger partial charge in [0.05, 0.1) is 0 Å². The molecule has 0 saturated heterocycles. The van der Waals surface area contributed by atoms with E-state index in [1.165, 1.54) is 0 Å². The zero-order valence-corrected chi connectivity index (χ0v) is 12.7. The molecule has 0 aromatic carbocycles. The maximum Gasteiger partial charge on any atom is 0.221 e. The molecule has 0 aromatic rings. The van der Waals surface area contributed by atoms with Crippen LogP contribution >= 0.6 is 0 Å². The van der Waals surface area contributed by atoms with Crippen molar-refractivity contribution in [2.75, 3.05) is 13.1 Å². The molecule has 0 aliphatic carbocycles. The fraction of sp³-hybridized carbons (Fsp3) is 0.857. The molecular formula is C14H29N3O2. The predicted molar refractivity (Wildman–Crippen MR) is 77.5 cm³/mol. The molecule has 0 radical (unpaired) electrons. The van der Waals surface area contributed by atoms with Crippen molar-refractivity contribution in [2.24, 2.45) is 17.6 Å². The molecule has 0 rings (SSSR count). The van der Waals surface area contributed by atoms with E-state index in [-0.39, 0.29) is 23.8 Å². The second kappa shape index (κ2) is 9.78. The zero-order chi connectivity index (χ0) is 14.8. The number of hydrogen-bond acceptors (Lipinski definition) is 3. The van der Waals surface area contributed by atoms with Crippen molar-refractivity contribution in [3.05, 3.63) is 0 Å². The van der Waals surface area contributed by atoms with Crippen LogP contribution in [0.4, 0.5) is 0 Å². The maximum absolute atomic E-state index is 11.7. The topological polar surface area (TPSA) is 84.2 Å². The number of nitrogens with two attached hydrogens (primary N) is 1. The van der Waals surface area contributed by atoms with E-state index in [1.54, 1.807) is 0 Å². The monoisotopic (exact) mass is 271 g/mol. The predicted octanol–water partition coefficient (Wildman–Crippen LogP) is 1.03. The molecule has 0 saturated carbocycles. The van der Waals surface area contributed by atoms with Gasteiger partial charge in [-0.2, -0.15) is 0 Å². The minimum Gasteiger partial charge on any atom is -0.356 e. The van der Waals surface area contributed by atoms with E-state index in [0.29, 0.717) is 31.8 Å². The van der Waals surface area contributed by atoms with Gasteiger partial charge < -0.3 is 16.4 Å². The summed E-state index contributed by atoms with van der Waals surface area (Å²) in [6.07, 6.45) is 1.72. The van der Waals surface area contributed by atoms with Gasteiger partial charge in [0, 0.05) is 25.4 Å². The number of hydrogen-bond donors (Lipinski definition) is 3. The van der Waals surface area contributed by atoms with Crippen LogP contribution < -0.4 is 16.4 Å². The van der Waals surface area contributed by atoms with Crippen LogP contribution in [0.2, 0.25) is 0 Å². The summed E-state index contributed by atoms with van der Waals surface area (Å²) in [6.45, 7) is 8.98. The lowest BCUT2D eigenvalue weighted by Crippen LogP contribution is -2.35. The van der Waals surface area contributed by atoms with Gasteiger partial charge in [-0.25, -0.2) is 0 Å². The molecule has 1 atom stereocenters. The minimum absolute atomic E-state index is 0.0200. The molecule has 0 aromatic heterocycles. The molecule has 19 heavy (non-hydrogen) atoms. The van der Waals surface area contributed by atoms with Gasteiger partial charge in [0.25, 0.3) is 0 Å². The highest BCUT2D eigenvalue weighted by molar-refractivity contribution is 5.79. The molecule has 0 bridgehead atoms. The molecule has 0 spiro atoms. The summed E-state index contributed by atoms with van der Waals surface area (Å²) in [4.78, 5) is 23.1. The first-order chi connectivity index (χ1) is 8.85. The number of carbonyl (C=O) groups excluding carboxylic acids is 2. The lowest BCUT2D eigenvalue weighted by atomic mass is 9.94. The van der Waals surface area contributed by atoms with E-state index in [9.17, 15) is 9.59 Å². The van der Waals surface area contributed by atoms with Crippen molar-refractivity contribution in [1.29, 1.82) is 0 Å². The van der Waals surface area contributed by atoms with Crippen LogP contribution in [0.5, 0.6) is 0 Å². The molecule has 2 amide bonds. The Morgan fingerprint density at radius 3 is 2.21 bits per heavy atom. The molecule has 0 aliphatic heterocycles. The van der Waals surface area contributed by atoms with E-state index >= 15 is 0 Å². The van der Waals surface area contributed by atoms with Crippen molar-refractivity contribution >= 4 is 11.8 Å². The normalized spacial score (nSPS) is 12.6. The van der Waals surface area contributed by atoms with E-state index in [1.807, 2.05) is 13.8 Å². The quantitative estimate of drug-likeness (QED) is 0.585. The van der Waals surface area contributed by atoms with Crippen LogP contribution in [0.1, 0.15) is 47.0 Å². The Morgan fingerprint density at radius 2 is 1.74 bits per heavy atom. The number of carbonyl (C=O) groups is 2. The number of amides is 2. The number of nitrogens with one attached hydrogen (secondary N) is 2. The zero-order valence-electron chi connectivity index (χ0n) is 12.7. The third kappa shape index (κ3) is 10.5. The molecule has 0 unspecified atom stereocenters. The van der Waals surface area contributed by atoms with Crippen LogP contribution in [0.15, 0.2) is 0 Å². The number of rotatable bonds is 9. The second-order valence-electron chi connectivity index (χ2n) is 5.76. The highest BCUT2D eigenvalue weighted by atomic mass is 16.2. The highest BCUT2D eigenvalue weighted by Crippen LogP contribution is 2.13. The molecule has 5 nitrogen and oxygen atoms in total. The summed E-state index contributed by atoms with van der Waals surface area (Å²) >= 11 is 0. The first kappa shape index (κ1) is 17.9.